The largest absolute Gasteiger partial charge is 0.490 e. The number of esters is 1. The molecule has 1 saturated heterocycles. The molecule has 3 aromatic carbocycles. The molecule has 3 aromatic rings. The number of ether oxygens (including phenoxy) is 3. The molecule has 0 aliphatic carbocycles. The second kappa shape index (κ2) is 15.3. The molecule has 1 N–H and O–H groups in total. The van der Waals surface area contributed by atoms with Crippen molar-refractivity contribution >= 4 is 81.4 Å². The van der Waals surface area contributed by atoms with Crippen LogP contribution >= 0.6 is 46.6 Å². The Morgan fingerprint density at radius 1 is 0.932 bits per heavy atom. The molecule has 0 saturated carbocycles. The summed E-state index contributed by atoms with van der Waals surface area (Å²) >= 11 is 19.0. The summed E-state index contributed by atoms with van der Waals surface area (Å²) in [5.74, 6) is -0.980. The minimum atomic E-state index is -0.635. The summed E-state index contributed by atoms with van der Waals surface area (Å²) in [5, 5.41) is 3.15. The third-order valence-electron chi connectivity index (χ3n) is 6.05. The van der Waals surface area contributed by atoms with Gasteiger partial charge < -0.3 is 19.5 Å². The highest BCUT2D eigenvalue weighted by Crippen LogP contribution is 2.35. The summed E-state index contributed by atoms with van der Waals surface area (Å²) in [7, 11) is 0. The molecule has 0 bridgehead atoms. The third-order valence-corrected chi connectivity index (χ3v) is 7.87. The van der Waals surface area contributed by atoms with E-state index in [9.17, 15) is 19.2 Å². The lowest BCUT2D eigenvalue weighted by atomic mass is 10.1. The maximum Gasteiger partial charge on any atom is 0.339 e. The van der Waals surface area contributed by atoms with Gasteiger partial charge in [-0.3, -0.25) is 19.3 Å². The van der Waals surface area contributed by atoms with E-state index in [1.807, 2.05) is 13.8 Å². The zero-order chi connectivity index (χ0) is 31.8. The number of nitrogens with one attached hydrogen (secondary N) is 1. The lowest BCUT2D eigenvalue weighted by molar-refractivity contribution is -0.127. The van der Waals surface area contributed by atoms with Crippen LogP contribution in [0.25, 0.3) is 6.08 Å². The number of carbonyl (C=O) groups is 4. The lowest BCUT2D eigenvalue weighted by Gasteiger charge is -2.14. The van der Waals surface area contributed by atoms with E-state index in [4.69, 9.17) is 49.0 Å². The van der Waals surface area contributed by atoms with Gasteiger partial charge in [-0.15, -0.1) is 0 Å². The van der Waals surface area contributed by atoms with Gasteiger partial charge in [0.25, 0.3) is 11.1 Å². The minimum absolute atomic E-state index is 0.0867. The molecule has 1 aliphatic heterocycles. The number of anilines is 1. The summed E-state index contributed by atoms with van der Waals surface area (Å²) in [6, 6.07) is 14.5. The van der Waals surface area contributed by atoms with Crippen molar-refractivity contribution in [1.29, 1.82) is 0 Å². The molecule has 1 heterocycles. The Bertz CT molecular complexity index is 1630. The Morgan fingerprint density at radius 3 is 2.45 bits per heavy atom. The van der Waals surface area contributed by atoms with Crippen molar-refractivity contribution in [2.75, 3.05) is 25.1 Å². The zero-order valence-corrected chi connectivity index (χ0v) is 26.7. The summed E-state index contributed by atoms with van der Waals surface area (Å²) in [5.41, 5.74) is 1.67. The SMILES string of the molecule is CCCOC(=O)c1cc(NC(=O)CN2C(=O)S/C(=C/c3ccc(OCc4ccc(Cl)cc4Cl)c(OCC)c3)C2=O)ccc1Cl. The number of rotatable bonds is 12. The standard InChI is InChI=1S/C31H27Cl3N2O7S/c1-3-11-42-30(39)22-15-21(8-9-23(22)33)35-28(37)16-36-29(38)27(44-31(36)40)13-18-5-10-25(26(12-18)41-4-2)43-17-19-6-7-20(32)14-24(19)34/h5-10,12-15H,3-4,11,16-17H2,1-2H3,(H,35,37)/b27-13+. The number of hydrogen-bond donors (Lipinski definition) is 1. The topological polar surface area (TPSA) is 111 Å². The second-order valence-electron chi connectivity index (χ2n) is 9.31. The molecule has 0 aromatic heterocycles. The van der Waals surface area contributed by atoms with Gasteiger partial charge in [0.1, 0.15) is 13.2 Å². The first-order valence-electron chi connectivity index (χ1n) is 13.4. The number of nitrogens with zero attached hydrogens (tertiary/aromatic N) is 1. The molecule has 1 aliphatic rings. The van der Waals surface area contributed by atoms with Gasteiger partial charge in [0.05, 0.1) is 28.7 Å². The van der Waals surface area contributed by atoms with Crippen molar-refractivity contribution in [2.45, 2.75) is 26.9 Å². The van der Waals surface area contributed by atoms with Gasteiger partial charge in [0, 0.05) is 21.3 Å². The van der Waals surface area contributed by atoms with Gasteiger partial charge in [-0.2, -0.15) is 0 Å². The number of benzene rings is 3. The van der Waals surface area contributed by atoms with Crippen LogP contribution in [-0.4, -0.2) is 47.7 Å². The van der Waals surface area contributed by atoms with Crippen molar-refractivity contribution in [3.05, 3.63) is 91.3 Å². The van der Waals surface area contributed by atoms with E-state index in [2.05, 4.69) is 5.32 Å². The highest BCUT2D eigenvalue weighted by atomic mass is 35.5. The van der Waals surface area contributed by atoms with E-state index in [1.165, 1.54) is 18.2 Å². The first-order valence-corrected chi connectivity index (χ1v) is 15.4. The zero-order valence-electron chi connectivity index (χ0n) is 23.7. The summed E-state index contributed by atoms with van der Waals surface area (Å²) < 4.78 is 16.8. The van der Waals surface area contributed by atoms with Gasteiger partial charge in [-0.05, 0) is 79.2 Å². The number of imide groups is 1. The van der Waals surface area contributed by atoms with Crippen LogP contribution in [0.5, 0.6) is 11.5 Å². The van der Waals surface area contributed by atoms with Crippen LogP contribution in [0, 0.1) is 0 Å². The molecule has 44 heavy (non-hydrogen) atoms. The van der Waals surface area contributed by atoms with E-state index in [-0.39, 0.29) is 34.4 Å². The van der Waals surface area contributed by atoms with Crippen molar-refractivity contribution in [3.63, 3.8) is 0 Å². The normalized spacial score (nSPS) is 13.8. The predicted octanol–water partition coefficient (Wildman–Crippen LogP) is 7.87. The van der Waals surface area contributed by atoms with Crippen LogP contribution in [-0.2, 0) is 20.9 Å². The molecular formula is C31H27Cl3N2O7S. The molecule has 0 spiro atoms. The average molecular weight is 678 g/mol. The lowest BCUT2D eigenvalue weighted by Crippen LogP contribution is -2.36. The van der Waals surface area contributed by atoms with Crippen LogP contribution in [0.15, 0.2) is 59.5 Å². The third kappa shape index (κ3) is 8.47. The highest BCUT2D eigenvalue weighted by molar-refractivity contribution is 8.18. The fraction of sp³-hybridized carbons (Fsp3) is 0.226. The van der Waals surface area contributed by atoms with E-state index in [1.54, 1.807) is 42.5 Å². The molecule has 13 heteroatoms. The van der Waals surface area contributed by atoms with E-state index < -0.39 is 29.6 Å². The maximum absolute atomic E-state index is 13.1. The first kappa shape index (κ1) is 33.2. The molecule has 0 unspecified atom stereocenters. The van der Waals surface area contributed by atoms with Crippen molar-refractivity contribution < 1.29 is 33.4 Å². The van der Waals surface area contributed by atoms with Crippen molar-refractivity contribution in [3.8, 4) is 11.5 Å². The van der Waals surface area contributed by atoms with Crippen molar-refractivity contribution in [1.82, 2.24) is 4.90 Å². The van der Waals surface area contributed by atoms with Gasteiger partial charge in [0.15, 0.2) is 11.5 Å². The fourth-order valence-electron chi connectivity index (χ4n) is 3.96. The van der Waals surface area contributed by atoms with Gasteiger partial charge in [-0.1, -0.05) is 53.9 Å². The predicted molar refractivity (Wildman–Crippen MR) is 172 cm³/mol. The molecule has 0 atom stereocenters. The summed E-state index contributed by atoms with van der Waals surface area (Å²) in [6.07, 6.45) is 2.18. The molecule has 3 amide bonds. The Hall–Kier alpha value is -3.70. The quantitative estimate of drug-likeness (QED) is 0.152. The average Bonchev–Trinajstić information content (AvgIpc) is 3.24. The number of amides is 3. The number of thioether (sulfide) groups is 1. The first-order chi connectivity index (χ1) is 21.1. The Morgan fingerprint density at radius 2 is 1.73 bits per heavy atom. The van der Waals surface area contributed by atoms with Gasteiger partial charge in [-0.25, -0.2) is 4.79 Å². The Labute approximate surface area is 273 Å². The van der Waals surface area contributed by atoms with Crippen LogP contribution in [0.2, 0.25) is 15.1 Å². The number of carbonyl (C=O) groups excluding carboxylic acids is 4. The van der Waals surface area contributed by atoms with Crippen molar-refractivity contribution in [2.24, 2.45) is 0 Å². The molecular weight excluding hydrogens is 651 g/mol. The smallest absolute Gasteiger partial charge is 0.339 e. The molecule has 0 radical (unpaired) electrons. The molecule has 1 fully saturated rings. The molecule has 230 valence electrons. The van der Waals surface area contributed by atoms with Gasteiger partial charge >= 0.3 is 5.97 Å². The van der Waals surface area contributed by atoms with E-state index >= 15 is 0 Å². The summed E-state index contributed by atoms with van der Waals surface area (Å²) in [6.45, 7) is 3.93. The van der Waals surface area contributed by atoms with Crippen LogP contribution in [0.3, 0.4) is 0 Å². The second-order valence-corrected chi connectivity index (χ2v) is 11.6. The highest BCUT2D eigenvalue weighted by Gasteiger charge is 2.36. The maximum atomic E-state index is 13.1. The Kier molecular flexibility index (Phi) is 11.6. The number of hydrogen-bond acceptors (Lipinski definition) is 8. The van der Waals surface area contributed by atoms with E-state index in [0.29, 0.717) is 51.9 Å². The van der Waals surface area contributed by atoms with Crippen LogP contribution in [0.1, 0.15) is 41.8 Å². The monoisotopic (exact) mass is 676 g/mol. The van der Waals surface area contributed by atoms with Crippen LogP contribution in [0.4, 0.5) is 10.5 Å². The fourth-order valence-corrected chi connectivity index (χ4v) is 5.46. The molecule has 9 nitrogen and oxygen atoms in total. The van der Waals surface area contributed by atoms with Crippen LogP contribution < -0.4 is 14.8 Å². The van der Waals surface area contributed by atoms with Gasteiger partial charge in [0.2, 0.25) is 5.91 Å². The van der Waals surface area contributed by atoms with E-state index in [0.717, 1.165) is 10.5 Å². The molecule has 4 rings (SSSR count). The minimum Gasteiger partial charge on any atom is -0.490 e. The Balaban J connectivity index is 1.43. The number of halogens is 3. The summed E-state index contributed by atoms with van der Waals surface area (Å²) in [4.78, 5) is 51.7.